The summed E-state index contributed by atoms with van der Waals surface area (Å²) in [5, 5.41) is 3.00. The molecule has 0 bridgehead atoms. The molecule has 0 aromatic carbocycles. The lowest BCUT2D eigenvalue weighted by molar-refractivity contribution is -0.129. The maximum absolute atomic E-state index is 12.1. The van der Waals surface area contributed by atoms with E-state index in [0.29, 0.717) is 30.9 Å². The molecule has 0 spiro atoms. The van der Waals surface area contributed by atoms with E-state index in [4.69, 9.17) is 5.73 Å². The first-order valence-electron chi connectivity index (χ1n) is 6.81. The Morgan fingerprint density at radius 3 is 2.75 bits per heavy atom. The van der Waals surface area contributed by atoms with Crippen molar-refractivity contribution in [2.24, 2.45) is 5.73 Å². The van der Waals surface area contributed by atoms with Crippen molar-refractivity contribution in [3.8, 4) is 0 Å². The predicted octanol–water partition coefficient (Wildman–Crippen LogP) is 0.281. The highest BCUT2D eigenvalue weighted by molar-refractivity contribution is 5.94. The molecule has 0 aliphatic carbocycles. The van der Waals surface area contributed by atoms with Gasteiger partial charge in [0.2, 0.25) is 5.91 Å². The summed E-state index contributed by atoms with van der Waals surface area (Å²) >= 11 is 0. The van der Waals surface area contributed by atoms with Gasteiger partial charge in [0.1, 0.15) is 0 Å². The van der Waals surface area contributed by atoms with Crippen molar-refractivity contribution in [1.82, 2.24) is 15.2 Å². The summed E-state index contributed by atoms with van der Waals surface area (Å²) in [5.41, 5.74) is 6.79. The minimum Gasteiger partial charge on any atom is -0.349 e. The predicted molar refractivity (Wildman–Crippen MR) is 74.9 cm³/mol. The number of hydrogen-bond donors (Lipinski definition) is 2. The lowest BCUT2D eigenvalue weighted by atomic mass is 10.0. The van der Waals surface area contributed by atoms with Gasteiger partial charge in [0.05, 0.1) is 5.69 Å². The van der Waals surface area contributed by atoms with E-state index in [9.17, 15) is 9.59 Å². The Bertz CT molecular complexity index is 496. The molecule has 6 heteroatoms. The number of nitrogens with two attached hydrogens (primary N) is 1. The Kier molecular flexibility index (Phi) is 4.68. The summed E-state index contributed by atoms with van der Waals surface area (Å²) in [5.74, 6) is -0.0140. The molecular weight excluding hydrogens is 256 g/mol. The molecule has 1 aromatic rings. The van der Waals surface area contributed by atoms with Gasteiger partial charge in [0, 0.05) is 44.4 Å². The highest BCUT2D eigenvalue weighted by Crippen LogP contribution is 2.11. The van der Waals surface area contributed by atoms with Crippen molar-refractivity contribution < 1.29 is 9.59 Å². The van der Waals surface area contributed by atoms with E-state index in [1.807, 2.05) is 4.90 Å². The van der Waals surface area contributed by atoms with Crippen molar-refractivity contribution in [2.75, 3.05) is 13.1 Å². The second-order valence-electron chi connectivity index (χ2n) is 4.99. The average molecular weight is 276 g/mol. The number of nitrogens with one attached hydrogen (secondary N) is 1. The molecule has 1 aliphatic rings. The monoisotopic (exact) mass is 276 g/mol. The molecule has 2 heterocycles. The van der Waals surface area contributed by atoms with Gasteiger partial charge < -0.3 is 16.0 Å². The number of rotatable bonds is 3. The number of pyridine rings is 1. The van der Waals surface area contributed by atoms with Crippen LogP contribution in [-0.4, -0.2) is 40.8 Å². The molecule has 108 valence electrons. The molecule has 2 rings (SSSR count). The Morgan fingerprint density at radius 2 is 2.15 bits per heavy atom. The molecule has 20 heavy (non-hydrogen) atoms. The number of carbonyl (C=O) groups is 2. The summed E-state index contributed by atoms with van der Waals surface area (Å²) < 4.78 is 0. The van der Waals surface area contributed by atoms with Crippen molar-refractivity contribution in [2.45, 2.75) is 32.4 Å². The van der Waals surface area contributed by atoms with Crippen LogP contribution in [0.4, 0.5) is 0 Å². The highest BCUT2D eigenvalue weighted by atomic mass is 16.2. The van der Waals surface area contributed by atoms with Crippen LogP contribution >= 0.6 is 0 Å². The molecule has 0 atom stereocenters. The van der Waals surface area contributed by atoms with E-state index in [1.165, 1.54) is 0 Å². The maximum Gasteiger partial charge on any atom is 0.251 e. The van der Waals surface area contributed by atoms with Crippen LogP contribution in [0.3, 0.4) is 0 Å². The third kappa shape index (κ3) is 3.54. The zero-order chi connectivity index (χ0) is 14.5. The van der Waals surface area contributed by atoms with E-state index >= 15 is 0 Å². The smallest absolute Gasteiger partial charge is 0.251 e. The lowest BCUT2D eigenvalue weighted by Gasteiger charge is -2.31. The van der Waals surface area contributed by atoms with Crippen molar-refractivity contribution in [1.29, 1.82) is 0 Å². The molecule has 1 saturated heterocycles. The number of aromatic nitrogens is 1. The number of nitrogens with zero attached hydrogens (tertiary/aromatic N) is 2. The SMILES string of the molecule is CC(=O)N1CCC(NC(=O)c2ccnc(CN)c2)CC1. The second-order valence-corrected chi connectivity index (χ2v) is 4.99. The minimum absolute atomic E-state index is 0.0940. The molecule has 3 N–H and O–H groups in total. The standard InChI is InChI=1S/C14H20N4O2/c1-10(19)18-6-3-12(4-7-18)17-14(20)11-2-5-16-13(8-11)9-15/h2,5,8,12H,3-4,6-7,9,15H2,1H3,(H,17,20). The van der Waals surface area contributed by atoms with Crippen LogP contribution in [0.15, 0.2) is 18.3 Å². The molecule has 6 nitrogen and oxygen atoms in total. The number of piperidine rings is 1. The zero-order valence-corrected chi connectivity index (χ0v) is 11.6. The van der Waals surface area contributed by atoms with Gasteiger partial charge in [0.15, 0.2) is 0 Å². The van der Waals surface area contributed by atoms with Gasteiger partial charge in [-0.2, -0.15) is 0 Å². The van der Waals surface area contributed by atoms with Crippen LogP contribution in [0.25, 0.3) is 0 Å². The molecule has 0 saturated carbocycles. The molecule has 0 unspecified atom stereocenters. The van der Waals surface area contributed by atoms with Crippen molar-refractivity contribution in [3.05, 3.63) is 29.6 Å². The van der Waals surface area contributed by atoms with Crippen LogP contribution < -0.4 is 11.1 Å². The zero-order valence-electron chi connectivity index (χ0n) is 11.6. The fraction of sp³-hybridized carbons (Fsp3) is 0.500. The first kappa shape index (κ1) is 14.5. The first-order chi connectivity index (χ1) is 9.60. The molecule has 1 fully saturated rings. The second kappa shape index (κ2) is 6.47. The quantitative estimate of drug-likeness (QED) is 0.830. The van der Waals surface area contributed by atoms with Gasteiger partial charge in [-0.1, -0.05) is 0 Å². The molecule has 1 aliphatic heterocycles. The van der Waals surface area contributed by atoms with Crippen LogP contribution in [0.1, 0.15) is 35.8 Å². The highest BCUT2D eigenvalue weighted by Gasteiger charge is 2.22. The Balaban J connectivity index is 1.90. The van der Waals surface area contributed by atoms with E-state index < -0.39 is 0 Å². The van der Waals surface area contributed by atoms with Gasteiger partial charge in [-0.15, -0.1) is 0 Å². The topological polar surface area (TPSA) is 88.3 Å². The van der Waals surface area contributed by atoms with Gasteiger partial charge >= 0.3 is 0 Å². The third-order valence-electron chi connectivity index (χ3n) is 3.56. The largest absolute Gasteiger partial charge is 0.349 e. The summed E-state index contributed by atoms with van der Waals surface area (Å²) in [4.78, 5) is 29.3. The Labute approximate surface area is 118 Å². The van der Waals surface area contributed by atoms with Gasteiger partial charge in [-0.05, 0) is 25.0 Å². The fourth-order valence-electron chi connectivity index (χ4n) is 2.34. The van der Waals surface area contributed by atoms with Gasteiger partial charge in [0.25, 0.3) is 5.91 Å². The Hall–Kier alpha value is -1.95. The van der Waals surface area contributed by atoms with Crippen LogP contribution in [0.2, 0.25) is 0 Å². The first-order valence-corrected chi connectivity index (χ1v) is 6.81. The van der Waals surface area contributed by atoms with E-state index in [1.54, 1.807) is 25.3 Å². The normalized spacial score (nSPS) is 16.0. The molecule has 1 aromatic heterocycles. The number of likely N-dealkylation sites (tertiary alicyclic amines) is 1. The number of hydrogen-bond acceptors (Lipinski definition) is 4. The summed E-state index contributed by atoms with van der Waals surface area (Å²) in [6.07, 6.45) is 3.18. The average Bonchev–Trinajstić information content (AvgIpc) is 2.47. The lowest BCUT2D eigenvalue weighted by Crippen LogP contribution is -2.46. The van der Waals surface area contributed by atoms with E-state index in [0.717, 1.165) is 12.8 Å². The van der Waals surface area contributed by atoms with Crippen molar-refractivity contribution >= 4 is 11.8 Å². The summed E-state index contributed by atoms with van der Waals surface area (Å²) in [6, 6.07) is 3.51. The van der Waals surface area contributed by atoms with E-state index in [-0.39, 0.29) is 17.9 Å². The Morgan fingerprint density at radius 1 is 1.45 bits per heavy atom. The number of carbonyl (C=O) groups excluding carboxylic acids is 2. The summed E-state index contributed by atoms with van der Waals surface area (Å²) in [7, 11) is 0. The molecule has 0 radical (unpaired) electrons. The summed E-state index contributed by atoms with van der Waals surface area (Å²) in [6.45, 7) is 3.29. The third-order valence-corrected chi connectivity index (χ3v) is 3.56. The molecular formula is C14H20N4O2. The van der Waals surface area contributed by atoms with Gasteiger partial charge in [-0.25, -0.2) is 0 Å². The van der Waals surface area contributed by atoms with Gasteiger partial charge in [-0.3, -0.25) is 14.6 Å². The number of amides is 2. The van der Waals surface area contributed by atoms with E-state index in [2.05, 4.69) is 10.3 Å². The van der Waals surface area contributed by atoms with Crippen molar-refractivity contribution in [3.63, 3.8) is 0 Å². The fourth-order valence-corrected chi connectivity index (χ4v) is 2.34. The maximum atomic E-state index is 12.1. The van der Waals surface area contributed by atoms with Crippen LogP contribution in [0, 0.1) is 0 Å². The minimum atomic E-state index is -0.108. The van der Waals surface area contributed by atoms with Crippen LogP contribution in [-0.2, 0) is 11.3 Å². The van der Waals surface area contributed by atoms with Crippen LogP contribution in [0.5, 0.6) is 0 Å². The molecule has 2 amide bonds.